The molecule has 0 bridgehead atoms. The summed E-state index contributed by atoms with van der Waals surface area (Å²) in [5.74, 6) is 0. The minimum absolute atomic E-state index is 1.10. The molecule has 0 spiro atoms. The summed E-state index contributed by atoms with van der Waals surface area (Å²) in [6.07, 6.45) is 8.60. The van der Waals surface area contributed by atoms with Crippen LogP contribution in [0.15, 0.2) is 34.8 Å². The Morgan fingerprint density at radius 3 is 2.27 bits per heavy atom. The van der Waals surface area contributed by atoms with Gasteiger partial charge in [0.25, 0.3) is 0 Å². The van der Waals surface area contributed by atoms with Crippen LogP contribution in [0.4, 0.5) is 0 Å². The molecule has 1 heteroatoms. The molecule has 0 aromatic heterocycles. The van der Waals surface area contributed by atoms with Crippen molar-refractivity contribution in [3.63, 3.8) is 0 Å². The molecule has 2 aromatic rings. The standard InChI is InChI=1S/C21H25Br/c1-3-5-7-15-9-10-19-17(11-15)14-18-12-16(8-6-4-2)13-20(22)21(18)19/h9-13H,3-8,14H2,1-2H3. The predicted octanol–water partition coefficient (Wildman–Crippen LogP) is 6.71. The molecule has 0 nitrogen and oxygen atoms in total. The highest BCUT2D eigenvalue weighted by Crippen LogP contribution is 2.42. The lowest BCUT2D eigenvalue weighted by atomic mass is 9.99. The van der Waals surface area contributed by atoms with Crippen LogP contribution in [-0.4, -0.2) is 0 Å². The highest BCUT2D eigenvalue weighted by Gasteiger charge is 2.21. The topological polar surface area (TPSA) is 0 Å². The molecule has 1 aliphatic carbocycles. The van der Waals surface area contributed by atoms with E-state index in [4.69, 9.17) is 0 Å². The molecular weight excluding hydrogens is 332 g/mol. The molecule has 0 saturated carbocycles. The normalized spacial score (nSPS) is 12.3. The van der Waals surface area contributed by atoms with Gasteiger partial charge < -0.3 is 0 Å². The first-order valence-corrected chi connectivity index (χ1v) is 9.45. The van der Waals surface area contributed by atoms with E-state index >= 15 is 0 Å². The van der Waals surface area contributed by atoms with Crippen LogP contribution in [0.25, 0.3) is 11.1 Å². The number of halogens is 1. The van der Waals surface area contributed by atoms with Gasteiger partial charge in [0.15, 0.2) is 0 Å². The van der Waals surface area contributed by atoms with Crippen LogP contribution < -0.4 is 0 Å². The van der Waals surface area contributed by atoms with Gasteiger partial charge in [-0.15, -0.1) is 0 Å². The fourth-order valence-electron chi connectivity index (χ4n) is 3.47. The molecule has 0 fully saturated rings. The molecule has 0 aliphatic heterocycles. The van der Waals surface area contributed by atoms with Crippen molar-refractivity contribution in [2.45, 2.75) is 58.8 Å². The molecule has 22 heavy (non-hydrogen) atoms. The van der Waals surface area contributed by atoms with Gasteiger partial charge in [-0.3, -0.25) is 0 Å². The van der Waals surface area contributed by atoms with Crippen molar-refractivity contribution in [1.29, 1.82) is 0 Å². The first-order chi connectivity index (χ1) is 10.7. The average molecular weight is 357 g/mol. The highest BCUT2D eigenvalue weighted by molar-refractivity contribution is 9.10. The fourth-order valence-corrected chi connectivity index (χ4v) is 4.23. The van der Waals surface area contributed by atoms with E-state index in [0.29, 0.717) is 0 Å². The van der Waals surface area contributed by atoms with Gasteiger partial charge in [0.05, 0.1) is 0 Å². The second-order valence-corrected chi connectivity index (χ2v) is 7.34. The van der Waals surface area contributed by atoms with Gasteiger partial charge in [-0.2, -0.15) is 0 Å². The third kappa shape index (κ3) is 3.15. The molecule has 116 valence electrons. The van der Waals surface area contributed by atoms with Crippen molar-refractivity contribution in [3.8, 4) is 11.1 Å². The van der Waals surface area contributed by atoms with Crippen LogP contribution in [0.3, 0.4) is 0 Å². The average Bonchev–Trinajstić information content (AvgIpc) is 2.88. The number of hydrogen-bond acceptors (Lipinski definition) is 0. The van der Waals surface area contributed by atoms with E-state index < -0.39 is 0 Å². The van der Waals surface area contributed by atoms with Crippen molar-refractivity contribution < 1.29 is 0 Å². The zero-order chi connectivity index (χ0) is 15.5. The first-order valence-electron chi connectivity index (χ1n) is 8.66. The Morgan fingerprint density at radius 2 is 1.55 bits per heavy atom. The summed E-state index contributed by atoms with van der Waals surface area (Å²) in [7, 11) is 0. The van der Waals surface area contributed by atoms with E-state index in [-0.39, 0.29) is 0 Å². The Balaban J connectivity index is 1.90. The Hall–Kier alpha value is -1.08. The van der Waals surface area contributed by atoms with Crippen LogP contribution >= 0.6 is 15.9 Å². The van der Waals surface area contributed by atoms with Crippen LogP contribution in [-0.2, 0) is 19.3 Å². The third-order valence-electron chi connectivity index (χ3n) is 4.69. The first kappa shape index (κ1) is 15.8. The van der Waals surface area contributed by atoms with E-state index in [1.165, 1.54) is 76.4 Å². The molecule has 1 aliphatic rings. The van der Waals surface area contributed by atoms with E-state index in [0.717, 1.165) is 6.42 Å². The highest BCUT2D eigenvalue weighted by atomic mass is 79.9. The predicted molar refractivity (Wildman–Crippen MR) is 99.6 cm³/mol. The van der Waals surface area contributed by atoms with Crippen LogP contribution in [0.2, 0.25) is 0 Å². The molecule has 2 aromatic carbocycles. The van der Waals surface area contributed by atoms with Gasteiger partial charge in [-0.1, -0.05) is 66.9 Å². The Morgan fingerprint density at radius 1 is 0.864 bits per heavy atom. The largest absolute Gasteiger partial charge is 0.0654 e. The Bertz CT molecular complexity index is 670. The number of fused-ring (bicyclic) bond motifs is 3. The van der Waals surface area contributed by atoms with E-state index in [9.17, 15) is 0 Å². The van der Waals surface area contributed by atoms with Crippen LogP contribution in [0.1, 0.15) is 61.8 Å². The Kier molecular flexibility index (Phi) is 5.03. The zero-order valence-corrected chi connectivity index (χ0v) is 15.3. The molecule has 0 N–H and O–H groups in total. The van der Waals surface area contributed by atoms with Crippen molar-refractivity contribution in [1.82, 2.24) is 0 Å². The van der Waals surface area contributed by atoms with E-state index in [2.05, 4.69) is 60.1 Å². The maximum absolute atomic E-state index is 3.82. The minimum Gasteiger partial charge on any atom is -0.0654 e. The summed E-state index contributed by atoms with van der Waals surface area (Å²) >= 11 is 3.82. The quantitative estimate of drug-likeness (QED) is 0.460. The maximum Gasteiger partial charge on any atom is 0.0259 e. The smallest absolute Gasteiger partial charge is 0.0259 e. The summed E-state index contributed by atoms with van der Waals surface area (Å²) in [6, 6.07) is 11.9. The molecule has 0 heterocycles. The third-order valence-corrected chi connectivity index (χ3v) is 5.32. The lowest BCUT2D eigenvalue weighted by Gasteiger charge is -2.09. The number of aryl methyl sites for hydroxylation is 2. The van der Waals surface area contributed by atoms with Crippen molar-refractivity contribution in [2.75, 3.05) is 0 Å². The maximum atomic E-state index is 3.82. The number of benzene rings is 2. The SMILES string of the molecule is CCCCc1ccc2c(c1)Cc1cc(CCCC)cc(Br)c1-2. The van der Waals surface area contributed by atoms with Gasteiger partial charge >= 0.3 is 0 Å². The number of rotatable bonds is 6. The van der Waals surface area contributed by atoms with E-state index in [1.807, 2.05) is 0 Å². The molecular formula is C21H25Br. The summed E-state index contributed by atoms with van der Waals surface area (Å²) in [5.41, 5.74) is 8.85. The van der Waals surface area contributed by atoms with Crippen LogP contribution in [0.5, 0.6) is 0 Å². The summed E-state index contributed by atoms with van der Waals surface area (Å²) in [5, 5.41) is 0. The van der Waals surface area contributed by atoms with E-state index in [1.54, 1.807) is 0 Å². The molecule has 3 rings (SSSR count). The molecule has 0 unspecified atom stereocenters. The Labute approximate surface area is 143 Å². The van der Waals surface area contributed by atoms with Gasteiger partial charge in [-0.25, -0.2) is 0 Å². The summed E-state index contributed by atoms with van der Waals surface area (Å²) in [6.45, 7) is 4.52. The zero-order valence-electron chi connectivity index (χ0n) is 13.7. The van der Waals surface area contributed by atoms with Crippen molar-refractivity contribution >= 4 is 15.9 Å². The second kappa shape index (κ2) is 7.00. The van der Waals surface area contributed by atoms with Crippen LogP contribution in [0, 0.1) is 0 Å². The summed E-state index contributed by atoms with van der Waals surface area (Å²) in [4.78, 5) is 0. The second-order valence-electron chi connectivity index (χ2n) is 6.49. The fraction of sp³-hybridized carbons (Fsp3) is 0.429. The summed E-state index contributed by atoms with van der Waals surface area (Å²) < 4.78 is 1.27. The van der Waals surface area contributed by atoms with Gasteiger partial charge in [0.1, 0.15) is 0 Å². The lowest BCUT2D eigenvalue weighted by molar-refractivity contribution is 0.793. The molecule has 0 atom stereocenters. The van der Waals surface area contributed by atoms with Gasteiger partial charge in [0.2, 0.25) is 0 Å². The lowest BCUT2D eigenvalue weighted by Crippen LogP contribution is -1.89. The molecule has 0 saturated heterocycles. The molecule has 0 amide bonds. The van der Waals surface area contributed by atoms with Gasteiger partial charge in [-0.05, 0) is 71.6 Å². The minimum atomic E-state index is 1.10. The molecule has 0 radical (unpaired) electrons. The monoisotopic (exact) mass is 356 g/mol. The van der Waals surface area contributed by atoms with Crippen molar-refractivity contribution in [3.05, 3.63) is 57.1 Å². The van der Waals surface area contributed by atoms with Gasteiger partial charge in [0, 0.05) is 4.47 Å². The number of hydrogen-bond donors (Lipinski definition) is 0. The van der Waals surface area contributed by atoms with Crippen molar-refractivity contribution in [2.24, 2.45) is 0 Å². The number of unbranched alkanes of at least 4 members (excludes halogenated alkanes) is 2.